The van der Waals surface area contributed by atoms with Crippen LogP contribution in [0.1, 0.15) is 22.9 Å². The zero-order valence-electron chi connectivity index (χ0n) is 25.6. The molecule has 0 amide bonds. The number of amidine groups is 2. The summed E-state index contributed by atoms with van der Waals surface area (Å²) in [6.07, 6.45) is -0.427. The molecule has 48 heavy (non-hydrogen) atoms. The molecule has 2 aliphatic rings. The zero-order valence-corrected chi connectivity index (χ0v) is 26.4. The second-order valence-electron chi connectivity index (χ2n) is 12.6. The number of furan rings is 1. The maximum Gasteiger partial charge on any atom is 0.169 e. The van der Waals surface area contributed by atoms with Gasteiger partial charge in [0.25, 0.3) is 0 Å². The molecule has 3 heterocycles. The standard InChI is InChI=1S/C43H25N3OS/c1-2-9-24(10-3-1)41-44-42(46-43(45-41)26-17-19-30-29-13-6-7-16-36(29)47-37(30)22-26)25-18-20-38-33(21-25)35-23-34-28-12-5-4-11-27(28)31-14-8-15-32(39(31)34)40(35)48-38/h1-23,43H,(H,44,45,46). The maximum absolute atomic E-state index is 6.25. The van der Waals surface area contributed by atoms with Crippen LogP contribution in [0.25, 0.3) is 75.1 Å². The molecule has 5 heteroatoms. The Bertz CT molecular complexity index is 2880. The summed E-state index contributed by atoms with van der Waals surface area (Å²) < 4.78 is 8.85. The normalized spacial score (nSPS) is 15.3. The molecule has 0 radical (unpaired) electrons. The molecular formula is C43H25N3OS. The SMILES string of the molecule is c1ccc(C2=NC(c3ccc4c(c3)oc3ccccc34)N=C(c3ccc4sc5c6cccc7c6c(cc5c4c3)-c3ccccc3-7)N2)cc1. The molecule has 0 saturated heterocycles. The lowest BCUT2D eigenvalue weighted by molar-refractivity contribution is 0.665. The Morgan fingerprint density at radius 1 is 0.500 bits per heavy atom. The number of hydrogen-bond acceptors (Lipinski definition) is 5. The van der Waals surface area contributed by atoms with Gasteiger partial charge >= 0.3 is 0 Å². The van der Waals surface area contributed by atoms with Crippen LogP contribution in [0.15, 0.2) is 154 Å². The van der Waals surface area contributed by atoms with Crippen LogP contribution in [0.2, 0.25) is 0 Å². The van der Waals surface area contributed by atoms with Gasteiger partial charge in [0.2, 0.25) is 0 Å². The van der Waals surface area contributed by atoms with Crippen LogP contribution in [0, 0.1) is 0 Å². The van der Waals surface area contributed by atoms with E-state index in [9.17, 15) is 0 Å². The minimum Gasteiger partial charge on any atom is -0.456 e. The predicted molar refractivity (Wildman–Crippen MR) is 200 cm³/mol. The number of hydrogen-bond donors (Lipinski definition) is 1. The highest BCUT2D eigenvalue weighted by atomic mass is 32.1. The first kappa shape index (κ1) is 26.1. The van der Waals surface area contributed by atoms with Crippen molar-refractivity contribution in [3.63, 3.8) is 0 Å². The van der Waals surface area contributed by atoms with Gasteiger partial charge in [-0.2, -0.15) is 0 Å². The molecule has 4 nitrogen and oxygen atoms in total. The van der Waals surface area contributed by atoms with Gasteiger partial charge in [0, 0.05) is 53.0 Å². The summed E-state index contributed by atoms with van der Waals surface area (Å²) >= 11 is 1.87. The Hall–Kier alpha value is -6.04. The summed E-state index contributed by atoms with van der Waals surface area (Å²) in [5, 5.41) is 11.0. The van der Waals surface area contributed by atoms with Gasteiger partial charge in [0.05, 0.1) is 0 Å². The summed E-state index contributed by atoms with van der Waals surface area (Å²) in [5.74, 6) is 1.60. The third kappa shape index (κ3) is 3.70. The molecular weight excluding hydrogens is 607 g/mol. The fourth-order valence-corrected chi connectivity index (χ4v) is 8.83. The minimum atomic E-state index is -0.427. The molecule has 11 rings (SSSR count). The van der Waals surface area contributed by atoms with Crippen molar-refractivity contribution >= 4 is 75.9 Å². The van der Waals surface area contributed by atoms with Gasteiger partial charge in [-0.1, -0.05) is 103 Å². The lowest BCUT2D eigenvalue weighted by Crippen LogP contribution is -2.36. The van der Waals surface area contributed by atoms with Gasteiger partial charge in [-0.15, -0.1) is 11.3 Å². The van der Waals surface area contributed by atoms with Crippen LogP contribution >= 0.6 is 11.3 Å². The summed E-state index contributed by atoms with van der Waals surface area (Å²) in [5.41, 5.74) is 10.1. The Kier molecular flexibility index (Phi) is 5.29. The first-order chi connectivity index (χ1) is 23.8. The average Bonchev–Trinajstić information content (AvgIpc) is 3.82. The van der Waals surface area contributed by atoms with Gasteiger partial charge in [-0.3, -0.25) is 0 Å². The number of nitrogens with one attached hydrogen (secondary N) is 1. The highest BCUT2D eigenvalue weighted by Gasteiger charge is 2.25. The lowest BCUT2D eigenvalue weighted by Gasteiger charge is -2.22. The summed E-state index contributed by atoms with van der Waals surface area (Å²) in [6.45, 7) is 0. The van der Waals surface area contributed by atoms with Gasteiger partial charge in [0.1, 0.15) is 22.8 Å². The van der Waals surface area contributed by atoms with Gasteiger partial charge < -0.3 is 9.73 Å². The van der Waals surface area contributed by atoms with Crippen molar-refractivity contribution in [2.24, 2.45) is 9.98 Å². The van der Waals surface area contributed by atoms with Gasteiger partial charge in [0.15, 0.2) is 6.17 Å². The van der Waals surface area contributed by atoms with Crippen LogP contribution in [0.3, 0.4) is 0 Å². The first-order valence-electron chi connectivity index (χ1n) is 16.2. The van der Waals surface area contributed by atoms with E-state index in [-0.39, 0.29) is 0 Å². The predicted octanol–water partition coefficient (Wildman–Crippen LogP) is 11.2. The molecule has 7 aromatic carbocycles. The maximum atomic E-state index is 6.25. The quantitative estimate of drug-likeness (QED) is 0.211. The molecule has 1 aliphatic carbocycles. The Morgan fingerprint density at radius 3 is 2.12 bits per heavy atom. The second kappa shape index (κ2) is 9.74. The third-order valence-corrected chi connectivity index (χ3v) is 11.1. The number of para-hydroxylation sites is 1. The van der Waals surface area contributed by atoms with E-state index in [1.54, 1.807) is 0 Å². The molecule has 1 atom stereocenters. The van der Waals surface area contributed by atoms with Crippen LogP contribution in [-0.4, -0.2) is 11.7 Å². The molecule has 0 saturated carbocycles. The fraction of sp³-hybridized carbons (Fsp3) is 0.0233. The summed E-state index contributed by atoms with van der Waals surface area (Å²) in [6, 6.07) is 49.5. The fourth-order valence-electron chi connectivity index (χ4n) is 7.64. The van der Waals surface area contributed by atoms with Crippen molar-refractivity contribution in [1.29, 1.82) is 0 Å². The molecule has 2 aromatic heterocycles. The summed E-state index contributed by atoms with van der Waals surface area (Å²) in [4.78, 5) is 10.4. The number of benzene rings is 7. The number of aliphatic imine (C=N–C) groups is 2. The molecule has 9 aromatic rings. The van der Waals surface area contributed by atoms with Crippen LogP contribution in [0.5, 0.6) is 0 Å². The van der Waals surface area contributed by atoms with E-state index >= 15 is 0 Å². The highest BCUT2D eigenvalue weighted by Crippen LogP contribution is 2.51. The van der Waals surface area contributed by atoms with Crippen LogP contribution in [0.4, 0.5) is 0 Å². The van der Waals surface area contributed by atoms with Crippen molar-refractivity contribution in [3.8, 4) is 22.3 Å². The molecule has 1 N–H and O–H groups in total. The molecule has 0 spiro atoms. The van der Waals surface area contributed by atoms with Crippen molar-refractivity contribution in [2.45, 2.75) is 6.17 Å². The third-order valence-electron chi connectivity index (χ3n) is 9.86. The average molecular weight is 632 g/mol. The minimum absolute atomic E-state index is 0.427. The monoisotopic (exact) mass is 631 g/mol. The molecule has 224 valence electrons. The van der Waals surface area contributed by atoms with E-state index in [0.29, 0.717) is 0 Å². The molecule has 0 fully saturated rings. The largest absolute Gasteiger partial charge is 0.456 e. The lowest BCUT2D eigenvalue weighted by atomic mass is 9.99. The van der Waals surface area contributed by atoms with Crippen molar-refractivity contribution in [2.75, 3.05) is 0 Å². The van der Waals surface area contributed by atoms with Crippen LogP contribution in [-0.2, 0) is 0 Å². The van der Waals surface area contributed by atoms with E-state index < -0.39 is 6.17 Å². The van der Waals surface area contributed by atoms with E-state index in [2.05, 4.69) is 108 Å². The molecule has 0 bridgehead atoms. The summed E-state index contributed by atoms with van der Waals surface area (Å²) in [7, 11) is 0. The van der Waals surface area contributed by atoms with Gasteiger partial charge in [-0.05, 0) is 64.0 Å². The van der Waals surface area contributed by atoms with Crippen molar-refractivity contribution in [1.82, 2.24) is 5.32 Å². The zero-order chi connectivity index (χ0) is 31.3. The number of rotatable bonds is 3. The van der Waals surface area contributed by atoms with E-state index in [1.807, 2.05) is 47.7 Å². The van der Waals surface area contributed by atoms with Crippen molar-refractivity contribution in [3.05, 3.63) is 156 Å². The number of thiophene rings is 1. The van der Waals surface area contributed by atoms with Crippen molar-refractivity contribution < 1.29 is 4.42 Å². The van der Waals surface area contributed by atoms with E-state index in [4.69, 9.17) is 14.4 Å². The van der Waals surface area contributed by atoms with Gasteiger partial charge in [-0.25, -0.2) is 9.98 Å². The molecule has 1 aliphatic heterocycles. The second-order valence-corrected chi connectivity index (χ2v) is 13.6. The van der Waals surface area contributed by atoms with E-state index in [0.717, 1.165) is 50.3 Å². The molecule has 1 unspecified atom stereocenters. The number of fused-ring (bicyclic) bond motifs is 10. The Balaban J connectivity index is 1.08. The van der Waals surface area contributed by atoms with Crippen LogP contribution < -0.4 is 5.32 Å². The Labute approximate surface area is 279 Å². The van der Waals surface area contributed by atoms with E-state index in [1.165, 1.54) is 53.2 Å². The smallest absolute Gasteiger partial charge is 0.169 e. The topological polar surface area (TPSA) is 49.9 Å². The highest BCUT2D eigenvalue weighted by molar-refractivity contribution is 7.26. The first-order valence-corrected chi connectivity index (χ1v) is 17.0. The number of nitrogens with zero attached hydrogens (tertiary/aromatic N) is 2. The Morgan fingerprint density at radius 2 is 1.23 bits per heavy atom.